The van der Waals surface area contributed by atoms with Gasteiger partial charge in [0.1, 0.15) is 5.75 Å². The fourth-order valence-electron chi connectivity index (χ4n) is 1.01. The maximum Gasteiger partial charge on any atom is 0.387 e. The number of hydrogen-bond acceptors (Lipinski definition) is 3. The second-order valence-electron chi connectivity index (χ2n) is 3.18. The van der Waals surface area contributed by atoms with Crippen LogP contribution in [0.1, 0.15) is 6.92 Å². The van der Waals surface area contributed by atoms with Crippen LogP contribution in [0.2, 0.25) is 0 Å². The van der Waals surface area contributed by atoms with Gasteiger partial charge in [-0.3, -0.25) is 4.79 Å². The fourth-order valence-corrected chi connectivity index (χ4v) is 1.01. The van der Waals surface area contributed by atoms with Gasteiger partial charge in [-0.05, 0) is 19.1 Å². The van der Waals surface area contributed by atoms with Crippen molar-refractivity contribution in [3.8, 4) is 5.75 Å². The Morgan fingerprint density at radius 2 is 2.19 bits per heavy atom. The predicted octanol–water partition coefficient (Wildman–Crippen LogP) is 1.57. The smallest absolute Gasteiger partial charge is 0.387 e. The number of benzene rings is 1. The van der Waals surface area contributed by atoms with Gasteiger partial charge in [0.2, 0.25) is 5.91 Å². The van der Waals surface area contributed by atoms with E-state index in [4.69, 9.17) is 5.73 Å². The van der Waals surface area contributed by atoms with E-state index in [1.165, 1.54) is 25.1 Å². The molecular weight excluding hydrogens is 218 g/mol. The van der Waals surface area contributed by atoms with Crippen LogP contribution in [0.5, 0.6) is 5.75 Å². The summed E-state index contributed by atoms with van der Waals surface area (Å²) in [5, 5.41) is 2.47. The number of hydrogen-bond donors (Lipinski definition) is 2. The second-order valence-corrected chi connectivity index (χ2v) is 3.18. The molecule has 0 aliphatic heterocycles. The Morgan fingerprint density at radius 3 is 2.75 bits per heavy atom. The van der Waals surface area contributed by atoms with Gasteiger partial charge in [0.05, 0.1) is 6.04 Å². The topological polar surface area (TPSA) is 64.4 Å². The van der Waals surface area contributed by atoms with Crippen molar-refractivity contribution in [1.29, 1.82) is 0 Å². The normalized spacial score (nSPS) is 12.3. The fraction of sp³-hybridized carbons (Fsp3) is 0.300. The molecule has 88 valence electrons. The lowest BCUT2D eigenvalue weighted by atomic mass is 10.2. The molecular formula is C10H12F2N2O2. The molecule has 0 aliphatic carbocycles. The van der Waals surface area contributed by atoms with Crippen molar-refractivity contribution in [2.45, 2.75) is 19.6 Å². The average molecular weight is 230 g/mol. The van der Waals surface area contributed by atoms with E-state index in [0.29, 0.717) is 5.69 Å². The molecule has 1 unspecified atom stereocenters. The molecule has 0 radical (unpaired) electrons. The van der Waals surface area contributed by atoms with Gasteiger partial charge in [0.25, 0.3) is 0 Å². The van der Waals surface area contributed by atoms with Crippen molar-refractivity contribution in [3.63, 3.8) is 0 Å². The van der Waals surface area contributed by atoms with Gasteiger partial charge in [-0.15, -0.1) is 0 Å². The first-order valence-corrected chi connectivity index (χ1v) is 4.60. The molecule has 0 bridgehead atoms. The van der Waals surface area contributed by atoms with Crippen molar-refractivity contribution in [3.05, 3.63) is 24.3 Å². The molecule has 1 aromatic carbocycles. The number of ether oxygens (including phenoxy) is 1. The van der Waals surface area contributed by atoms with E-state index < -0.39 is 18.6 Å². The summed E-state index contributed by atoms with van der Waals surface area (Å²) in [4.78, 5) is 11.2. The first-order chi connectivity index (χ1) is 7.49. The van der Waals surface area contributed by atoms with Crippen LogP contribution in [0.25, 0.3) is 0 Å². The summed E-state index contributed by atoms with van der Waals surface area (Å²) in [6.07, 6.45) is 0. The summed E-state index contributed by atoms with van der Waals surface area (Å²) in [6, 6.07) is 5.05. The Balaban J connectivity index is 2.71. The molecule has 1 aromatic rings. The van der Waals surface area contributed by atoms with Gasteiger partial charge in [-0.2, -0.15) is 8.78 Å². The molecule has 1 atom stereocenters. The molecule has 0 aliphatic rings. The van der Waals surface area contributed by atoms with E-state index in [2.05, 4.69) is 10.1 Å². The molecule has 1 rings (SSSR count). The zero-order chi connectivity index (χ0) is 12.1. The Hall–Kier alpha value is -1.69. The highest BCUT2D eigenvalue weighted by Crippen LogP contribution is 2.19. The third-order valence-electron chi connectivity index (χ3n) is 1.74. The van der Waals surface area contributed by atoms with E-state index in [0.717, 1.165) is 0 Å². The van der Waals surface area contributed by atoms with Crippen LogP contribution in [0, 0.1) is 0 Å². The van der Waals surface area contributed by atoms with E-state index in [-0.39, 0.29) is 5.75 Å². The Morgan fingerprint density at radius 1 is 1.50 bits per heavy atom. The van der Waals surface area contributed by atoms with Gasteiger partial charge < -0.3 is 15.8 Å². The SMILES string of the molecule is CC(N)C(=O)Nc1cccc(OC(F)F)c1. The lowest BCUT2D eigenvalue weighted by Gasteiger charge is -2.09. The third kappa shape index (κ3) is 3.82. The highest BCUT2D eigenvalue weighted by atomic mass is 19.3. The maximum absolute atomic E-state index is 11.9. The van der Waals surface area contributed by atoms with Crippen LogP contribution in [0.4, 0.5) is 14.5 Å². The zero-order valence-corrected chi connectivity index (χ0v) is 8.61. The average Bonchev–Trinajstić information content (AvgIpc) is 2.16. The zero-order valence-electron chi connectivity index (χ0n) is 8.61. The van der Waals surface area contributed by atoms with E-state index in [9.17, 15) is 13.6 Å². The van der Waals surface area contributed by atoms with Crippen molar-refractivity contribution in [2.24, 2.45) is 5.73 Å². The summed E-state index contributed by atoms with van der Waals surface area (Å²) in [7, 11) is 0. The molecule has 6 heteroatoms. The number of amides is 1. The van der Waals surface area contributed by atoms with Gasteiger partial charge >= 0.3 is 6.61 Å². The van der Waals surface area contributed by atoms with E-state index in [1.54, 1.807) is 6.07 Å². The quantitative estimate of drug-likeness (QED) is 0.825. The molecule has 0 heterocycles. The highest BCUT2D eigenvalue weighted by Gasteiger charge is 2.09. The van der Waals surface area contributed by atoms with Gasteiger partial charge in [-0.25, -0.2) is 0 Å². The number of anilines is 1. The van der Waals surface area contributed by atoms with Crippen LogP contribution < -0.4 is 15.8 Å². The maximum atomic E-state index is 11.9. The molecule has 0 fully saturated rings. The largest absolute Gasteiger partial charge is 0.435 e. The molecule has 16 heavy (non-hydrogen) atoms. The minimum atomic E-state index is -2.89. The number of nitrogens with one attached hydrogen (secondary N) is 1. The minimum Gasteiger partial charge on any atom is -0.435 e. The van der Waals surface area contributed by atoms with Gasteiger partial charge in [0, 0.05) is 11.8 Å². The number of halogens is 2. The van der Waals surface area contributed by atoms with Crippen molar-refractivity contribution < 1.29 is 18.3 Å². The number of carbonyl (C=O) groups excluding carboxylic acids is 1. The van der Waals surface area contributed by atoms with Gasteiger partial charge in [0.15, 0.2) is 0 Å². The molecule has 0 aromatic heterocycles. The molecule has 0 saturated carbocycles. The van der Waals surface area contributed by atoms with Crippen molar-refractivity contribution in [1.82, 2.24) is 0 Å². The number of carbonyl (C=O) groups is 1. The molecule has 3 N–H and O–H groups in total. The number of nitrogens with two attached hydrogens (primary N) is 1. The molecule has 0 spiro atoms. The van der Waals surface area contributed by atoms with E-state index in [1.807, 2.05) is 0 Å². The van der Waals surface area contributed by atoms with Crippen molar-refractivity contribution >= 4 is 11.6 Å². The summed E-state index contributed by atoms with van der Waals surface area (Å²) in [5.74, 6) is -0.410. The monoisotopic (exact) mass is 230 g/mol. The lowest BCUT2D eigenvalue weighted by Crippen LogP contribution is -2.32. The summed E-state index contributed by atoms with van der Waals surface area (Å²) in [5.41, 5.74) is 5.70. The molecule has 4 nitrogen and oxygen atoms in total. The van der Waals surface area contributed by atoms with Gasteiger partial charge in [-0.1, -0.05) is 6.07 Å². The first-order valence-electron chi connectivity index (χ1n) is 4.60. The predicted molar refractivity (Wildman–Crippen MR) is 55.4 cm³/mol. The first kappa shape index (κ1) is 12.4. The van der Waals surface area contributed by atoms with E-state index >= 15 is 0 Å². The summed E-state index contributed by atoms with van der Waals surface area (Å²) < 4.78 is 28.0. The van der Waals surface area contributed by atoms with Crippen LogP contribution in [-0.2, 0) is 4.79 Å². The highest BCUT2D eigenvalue weighted by molar-refractivity contribution is 5.94. The van der Waals surface area contributed by atoms with Crippen LogP contribution in [0.3, 0.4) is 0 Å². The number of rotatable bonds is 4. The second kappa shape index (κ2) is 5.41. The Bertz CT molecular complexity index is 370. The van der Waals surface area contributed by atoms with Crippen LogP contribution in [0.15, 0.2) is 24.3 Å². The number of alkyl halides is 2. The summed E-state index contributed by atoms with van der Waals surface area (Å²) >= 11 is 0. The third-order valence-corrected chi connectivity index (χ3v) is 1.74. The standard InChI is InChI=1S/C10H12F2N2O2/c1-6(13)9(15)14-7-3-2-4-8(5-7)16-10(11)12/h2-6,10H,13H2,1H3,(H,14,15). The Kier molecular flexibility index (Phi) is 4.19. The Labute approximate surface area is 91.4 Å². The minimum absolute atomic E-state index is 0.0162. The van der Waals surface area contributed by atoms with Crippen LogP contribution >= 0.6 is 0 Å². The lowest BCUT2D eigenvalue weighted by molar-refractivity contribution is -0.117. The summed E-state index contributed by atoms with van der Waals surface area (Å²) in [6.45, 7) is -1.37. The van der Waals surface area contributed by atoms with Crippen LogP contribution in [-0.4, -0.2) is 18.6 Å². The molecule has 0 saturated heterocycles. The molecule has 1 amide bonds. The van der Waals surface area contributed by atoms with Crippen molar-refractivity contribution in [2.75, 3.05) is 5.32 Å².